The van der Waals surface area contributed by atoms with Crippen LogP contribution >= 0.6 is 12.2 Å². The van der Waals surface area contributed by atoms with Crippen LogP contribution in [0.4, 0.5) is 0 Å². The molecule has 1 aliphatic carbocycles. The van der Waals surface area contributed by atoms with E-state index in [1.165, 1.54) is 0 Å². The van der Waals surface area contributed by atoms with Crippen molar-refractivity contribution >= 4 is 23.1 Å². The lowest BCUT2D eigenvalue weighted by Gasteiger charge is -2.46. The van der Waals surface area contributed by atoms with Gasteiger partial charge in [0.05, 0.1) is 17.0 Å². The zero-order valence-electron chi connectivity index (χ0n) is 11.6. The molecular weight excluding hydrogens is 248 g/mol. The third kappa shape index (κ3) is 3.01. The third-order valence-corrected chi connectivity index (χ3v) is 4.04. The molecule has 0 aromatic carbocycles. The van der Waals surface area contributed by atoms with Crippen molar-refractivity contribution in [3.05, 3.63) is 0 Å². The monoisotopic (exact) mass is 272 g/mol. The van der Waals surface area contributed by atoms with E-state index in [-0.39, 0.29) is 5.91 Å². The highest BCUT2D eigenvalue weighted by molar-refractivity contribution is 7.80. The Balaban J connectivity index is 2.67. The van der Waals surface area contributed by atoms with Crippen LogP contribution in [0, 0.1) is 11.3 Å². The van der Waals surface area contributed by atoms with Crippen LogP contribution in [0.5, 0.6) is 0 Å². The Morgan fingerprint density at radius 2 is 2.11 bits per heavy atom. The van der Waals surface area contributed by atoms with Crippen molar-refractivity contribution in [3.8, 4) is 0 Å². The number of carbonyl (C=O) groups is 1. The Morgan fingerprint density at radius 1 is 1.50 bits per heavy atom. The zero-order valence-corrected chi connectivity index (χ0v) is 12.4. The van der Waals surface area contributed by atoms with Gasteiger partial charge in [-0.05, 0) is 32.6 Å². The quantitative estimate of drug-likeness (QED) is 0.564. The second kappa shape index (κ2) is 6.48. The van der Waals surface area contributed by atoms with E-state index in [0.717, 1.165) is 12.8 Å². The van der Waals surface area contributed by atoms with Crippen LogP contribution in [0.1, 0.15) is 33.6 Å². The molecule has 0 aromatic heterocycles. The minimum atomic E-state index is -0.586. The zero-order chi connectivity index (χ0) is 13.8. The molecule has 0 heterocycles. The normalized spacial score (nSPS) is 26.5. The van der Waals surface area contributed by atoms with Gasteiger partial charge in [0.1, 0.15) is 0 Å². The Hall–Kier alpha value is -0.680. The van der Waals surface area contributed by atoms with Gasteiger partial charge < -0.3 is 15.4 Å². The molecule has 0 spiro atoms. The first-order valence-corrected chi connectivity index (χ1v) is 7.05. The van der Waals surface area contributed by atoms with Crippen LogP contribution in [-0.2, 0) is 9.53 Å². The summed E-state index contributed by atoms with van der Waals surface area (Å²) in [6.07, 6.45) is 1.57. The van der Waals surface area contributed by atoms with E-state index in [2.05, 4.69) is 6.92 Å². The van der Waals surface area contributed by atoms with Crippen molar-refractivity contribution in [3.63, 3.8) is 0 Å². The molecule has 0 unspecified atom stereocenters. The fraction of sp³-hybridized carbons (Fsp3) is 0.846. The van der Waals surface area contributed by atoms with Gasteiger partial charge in [0.2, 0.25) is 5.91 Å². The molecule has 0 bridgehead atoms. The first-order chi connectivity index (χ1) is 8.47. The molecule has 1 rings (SSSR count). The SMILES string of the molecule is CCOCCN(CC)C(=O)C1(C(N)=S)CC(C)C1. The highest BCUT2D eigenvalue weighted by Gasteiger charge is 2.52. The molecule has 0 atom stereocenters. The fourth-order valence-corrected chi connectivity index (χ4v) is 2.89. The van der Waals surface area contributed by atoms with Crippen molar-refractivity contribution in [2.24, 2.45) is 17.1 Å². The van der Waals surface area contributed by atoms with Gasteiger partial charge in [-0.15, -0.1) is 0 Å². The van der Waals surface area contributed by atoms with Crippen LogP contribution in [0.3, 0.4) is 0 Å². The summed E-state index contributed by atoms with van der Waals surface area (Å²) >= 11 is 5.11. The van der Waals surface area contributed by atoms with Crippen LogP contribution in [0.2, 0.25) is 0 Å². The van der Waals surface area contributed by atoms with E-state index < -0.39 is 5.41 Å². The number of hydrogen-bond acceptors (Lipinski definition) is 3. The summed E-state index contributed by atoms with van der Waals surface area (Å²) in [5.74, 6) is 0.608. The van der Waals surface area contributed by atoms with E-state index in [1.807, 2.05) is 13.8 Å². The van der Waals surface area contributed by atoms with Gasteiger partial charge in [-0.3, -0.25) is 4.79 Å². The van der Waals surface area contributed by atoms with E-state index >= 15 is 0 Å². The average molecular weight is 272 g/mol. The molecule has 4 nitrogen and oxygen atoms in total. The summed E-state index contributed by atoms with van der Waals surface area (Å²) in [5.41, 5.74) is 5.21. The fourth-order valence-electron chi connectivity index (χ4n) is 2.64. The standard InChI is InChI=1S/C13H24N2O2S/c1-4-15(6-7-17-5-2)12(16)13(11(14)18)8-10(3)9-13/h10H,4-9H2,1-3H3,(H2,14,18). The second-order valence-electron chi connectivity index (χ2n) is 5.04. The molecule has 0 saturated heterocycles. The van der Waals surface area contributed by atoms with Crippen molar-refractivity contribution in [2.45, 2.75) is 33.6 Å². The van der Waals surface area contributed by atoms with Gasteiger partial charge in [-0.1, -0.05) is 19.1 Å². The van der Waals surface area contributed by atoms with Crippen LogP contribution in [0.15, 0.2) is 0 Å². The largest absolute Gasteiger partial charge is 0.392 e. The Bertz CT molecular complexity index is 314. The van der Waals surface area contributed by atoms with Gasteiger partial charge in [0.25, 0.3) is 0 Å². The molecule has 0 aromatic rings. The van der Waals surface area contributed by atoms with Crippen molar-refractivity contribution < 1.29 is 9.53 Å². The van der Waals surface area contributed by atoms with Gasteiger partial charge in [-0.2, -0.15) is 0 Å². The predicted molar refractivity (Wildman–Crippen MR) is 76.4 cm³/mol. The van der Waals surface area contributed by atoms with Crippen LogP contribution in [-0.4, -0.2) is 42.1 Å². The van der Waals surface area contributed by atoms with Gasteiger partial charge >= 0.3 is 0 Å². The summed E-state index contributed by atoms with van der Waals surface area (Å²) in [5, 5.41) is 0. The maximum absolute atomic E-state index is 12.6. The highest BCUT2D eigenvalue weighted by atomic mass is 32.1. The highest BCUT2D eigenvalue weighted by Crippen LogP contribution is 2.47. The van der Waals surface area contributed by atoms with E-state index in [1.54, 1.807) is 4.90 Å². The molecule has 1 amide bonds. The average Bonchev–Trinajstić information content (AvgIpc) is 2.29. The molecular formula is C13H24N2O2S. The lowest BCUT2D eigenvalue weighted by Crippen LogP contribution is -2.57. The summed E-state index contributed by atoms with van der Waals surface area (Å²) in [6.45, 7) is 8.57. The molecule has 1 aliphatic rings. The molecule has 2 N–H and O–H groups in total. The van der Waals surface area contributed by atoms with Crippen LogP contribution < -0.4 is 5.73 Å². The molecule has 1 fully saturated rings. The number of thiocarbonyl (C=S) groups is 1. The molecule has 0 aliphatic heterocycles. The number of hydrogen-bond donors (Lipinski definition) is 1. The first-order valence-electron chi connectivity index (χ1n) is 6.65. The number of carbonyl (C=O) groups excluding carboxylic acids is 1. The summed E-state index contributed by atoms with van der Waals surface area (Å²) < 4.78 is 5.30. The number of likely N-dealkylation sites (N-methyl/N-ethyl adjacent to an activating group) is 1. The molecule has 5 heteroatoms. The predicted octanol–water partition coefficient (Wildman–Crippen LogP) is 1.57. The third-order valence-electron chi connectivity index (χ3n) is 3.65. The first kappa shape index (κ1) is 15.4. The van der Waals surface area contributed by atoms with Gasteiger partial charge in [-0.25, -0.2) is 0 Å². The maximum Gasteiger partial charge on any atom is 0.235 e. The van der Waals surface area contributed by atoms with Gasteiger partial charge in [0.15, 0.2) is 0 Å². The smallest absolute Gasteiger partial charge is 0.235 e. The molecule has 104 valence electrons. The van der Waals surface area contributed by atoms with Crippen LogP contribution in [0.25, 0.3) is 0 Å². The molecule has 0 radical (unpaired) electrons. The number of amides is 1. The van der Waals surface area contributed by atoms with Crippen molar-refractivity contribution in [2.75, 3.05) is 26.3 Å². The van der Waals surface area contributed by atoms with Crippen molar-refractivity contribution in [1.82, 2.24) is 4.90 Å². The summed E-state index contributed by atoms with van der Waals surface area (Å²) in [6, 6.07) is 0. The topological polar surface area (TPSA) is 55.6 Å². The Kier molecular flexibility index (Phi) is 5.53. The number of nitrogens with zero attached hydrogens (tertiary/aromatic N) is 1. The minimum Gasteiger partial charge on any atom is -0.392 e. The Labute approximate surface area is 115 Å². The number of ether oxygens (including phenoxy) is 1. The van der Waals surface area contributed by atoms with E-state index in [4.69, 9.17) is 22.7 Å². The summed E-state index contributed by atoms with van der Waals surface area (Å²) in [7, 11) is 0. The van der Waals surface area contributed by atoms with E-state index in [9.17, 15) is 4.79 Å². The minimum absolute atomic E-state index is 0.0790. The number of nitrogens with two attached hydrogens (primary N) is 1. The van der Waals surface area contributed by atoms with Crippen molar-refractivity contribution in [1.29, 1.82) is 0 Å². The lowest BCUT2D eigenvalue weighted by molar-refractivity contribution is -0.144. The number of rotatable bonds is 7. The summed E-state index contributed by atoms with van der Waals surface area (Å²) in [4.78, 5) is 14.7. The Morgan fingerprint density at radius 3 is 2.50 bits per heavy atom. The van der Waals surface area contributed by atoms with E-state index in [0.29, 0.717) is 37.2 Å². The second-order valence-corrected chi connectivity index (χ2v) is 5.48. The van der Waals surface area contributed by atoms with Gasteiger partial charge in [0, 0.05) is 19.7 Å². The molecule has 1 saturated carbocycles. The maximum atomic E-state index is 12.6. The lowest BCUT2D eigenvalue weighted by atomic mass is 9.61. The molecule has 18 heavy (non-hydrogen) atoms.